The maximum atomic E-state index is 14.3. The highest BCUT2D eigenvalue weighted by Crippen LogP contribution is 2.31. The van der Waals surface area contributed by atoms with E-state index in [1.54, 1.807) is 12.1 Å². The van der Waals surface area contributed by atoms with Gasteiger partial charge >= 0.3 is 6.18 Å². The third kappa shape index (κ3) is 7.42. The zero-order chi connectivity index (χ0) is 27.5. The van der Waals surface area contributed by atoms with E-state index < -0.39 is 39.5 Å². The summed E-state index contributed by atoms with van der Waals surface area (Å²) in [7, 11) is -3.68. The first-order chi connectivity index (χ1) is 17.1. The Morgan fingerprint density at radius 1 is 1.03 bits per heavy atom. The minimum absolute atomic E-state index is 0.0618. The maximum Gasteiger partial charge on any atom is 0.433 e. The fourth-order valence-electron chi connectivity index (χ4n) is 3.42. The molecule has 0 saturated heterocycles. The quantitative estimate of drug-likeness (QED) is 0.334. The molecule has 0 aliphatic heterocycles. The molecule has 3 aromatic rings. The number of carbonyl (C=O) groups is 1. The molecule has 2 aromatic carbocycles. The molecule has 7 nitrogen and oxygen atoms in total. The van der Waals surface area contributed by atoms with E-state index in [0.29, 0.717) is 11.3 Å². The van der Waals surface area contributed by atoms with E-state index in [2.05, 4.69) is 15.6 Å². The first-order valence-electron chi connectivity index (χ1n) is 11.1. The second-order valence-corrected chi connectivity index (χ2v) is 10.4. The molecule has 0 saturated carbocycles. The number of aromatic nitrogens is 1. The summed E-state index contributed by atoms with van der Waals surface area (Å²) < 4.78 is 78.9. The van der Waals surface area contributed by atoms with Crippen molar-refractivity contribution in [2.24, 2.45) is 0 Å². The predicted octanol–water partition coefficient (Wildman–Crippen LogP) is 5.39. The Morgan fingerprint density at radius 2 is 1.73 bits per heavy atom. The van der Waals surface area contributed by atoms with Gasteiger partial charge in [0.1, 0.15) is 17.3 Å². The second kappa shape index (κ2) is 10.8. The van der Waals surface area contributed by atoms with Crippen molar-refractivity contribution in [1.82, 2.24) is 10.3 Å². The molecule has 198 valence electrons. The van der Waals surface area contributed by atoms with E-state index in [1.807, 2.05) is 24.6 Å². The van der Waals surface area contributed by atoms with Gasteiger partial charge in [0.05, 0.1) is 17.9 Å². The van der Waals surface area contributed by atoms with Crippen LogP contribution in [0.1, 0.15) is 40.8 Å². The second-order valence-electron chi connectivity index (χ2n) is 8.68. The maximum absolute atomic E-state index is 14.3. The third-order valence-electron chi connectivity index (χ3n) is 5.67. The van der Waals surface area contributed by atoms with Gasteiger partial charge in [0.15, 0.2) is 0 Å². The number of nitrogens with zero attached hydrogens (tertiary/aromatic N) is 1. The van der Waals surface area contributed by atoms with Gasteiger partial charge in [0.25, 0.3) is 0 Å². The predicted molar refractivity (Wildman–Crippen MR) is 134 cm³/mol. The molecule has 1 unspecified atom stereocenters. The van der Waals surface area contributed by atoms with Crippen LogP contribution in [0.4, 0.5) is 34.8 Å². The Morgan fingerprint density at radius 3 is 2.32 bits per heavy atom. The Hall–Kier alpha value is -3.67. The Kier molecular flexibility index (Phi) is 8.11. The van der Waals surface area contributed by atoms with E-state index in [4.69, 9.17) is 0 Å². The van der Waals surface area contributed by atoms with Crippen LogP contribution in [0, 0.1) is 19.7 Å². The summed E-state index contributed by atoms with van der Waals surface area (Å²) in [5.74, 6) is -2.26. The van der Waals surface area contributed by atoms with Crippen molar-refractivity contribution >= 4 is 33.1 Å². The highest BCUT2D eigenvalue weighted by molar-refractivity contribution is 7.92. The molecule has 0 fully saturated rings. The molecule has 1 aromatic heterocycles. The van der Waals surface area contributed by atoms with Crippen LogP contribution in [0.2, 0.25) is 0 Å². The highest BCUT2D eigenvalue weighted by atomic mass is 32.2. The Balaban J connectivity index is 1.80. The largest absolute Gasteiger partial charge is 0.433 e. The monoisotopic (exact) mass is 538 g/mol. The van der Waals surface area contributed by atoms with Gasteiger partial charge < -0.3 is 10.6 Å². The number of sulfonamides is 1. The number of carbonyl (C=O) groups excluding carboxylic acids is 1. The van der Waals surface area contributed by atoms with E-state index in [1.165, 1.54) is 25.1 Å². The van der Waals surface area contributed by atoms with E-state index in [9.17, 15) is 30.8 Å². The molecule has 1 heterocycles. The number of hydrogen-bond donors (Lipinski definition) is 3. The molecule has 0 aliphatic rings. The van der Waals surface area contributed by atoms with Crippen molar-refractivity contribution in [3.8, 4) is 0 Å². The van der Waals surface area contributed by atoms with Crippen LogP contribution in [-0.2, 0) is 27.5 Å². The van der Waals surface area contributed by atoms with Crippen LogP contribution in [0.3, 0.4) is 0 Å². The number of hydrogen-bond acceptors (Lipinski definition) is 5. The van der Waals surface area contributed by atoms with Crippen LogP contribution in [-0.4, -0.2) is 25.6 Å². The van der Waals surface area contributed by atoms with Crippen molar-refractivity contribution in [2.45, 2.75) is 39.4 Å². The van der Waals surface area contributed by atoms with Crippen molar-refractivity contribution in [3.05, 3.63) is 82.3 Å². The van der Waals surface area contributed by atoms with Gasteiger partial charge in [-0.2, -0.15) is 13.2 Å². The van der Waals surface area contributed by atoms with Gasteiger partial charge in [-0.3, -0.25) is 9.52 Å². The topological polar surface area (TPSA) is 100 Å². The lowest BCUT2D eigenvalue weighted by atomic mass is 9.99. The molecule has 37 heavy (non-hydrogen) atoms. The molecule has 3 N–H and O–H groups in total. The van der Waals surface area contributed by atoms with Crippen LogP contribution < -0.4 is 15.4 Å². The number of pyridine rings is 1. The summed E-state index contributed by atoms with van der Waals surface area (Å²) >= 11 is 0. The van der Waals surface area contributed by atoms with Crippen LogP contribution in [0.5, 0.6) is 0 Å². The molecule has 0 radical (unpaired) electrons. The average molecular weight is 539 g/mol. The smallest absolute Gasteiger partial charge is 0.351 e. The lowest BCUT2D eigenvalue weighted by molar-refractivity contribution is -0.141. The van der Waals surface area contributed by atoms with Gasteiger partial charge in [0, 0.05) is 17.8 Å². The number of rotatable bonds is 8. The number of amides is 1. The summed E-state index contributed by atoms with van der Waals surface area (Å²) in [6.07, 6.45) is -3.77. The number of halogens is 4. The molecule has 0 bridgehead atoms. The summed E-state index contributed by atoms with van der Waals surface area (Å²) in [5, 5.41) is 5.54. The molecular formula is C25H26F4N4O3S. The minimum atomic E-state index is -4.65. The van der Waals surface area contributed by atoms with E-state index in [0.717, 1.165) is 29.5 Å². The summed E-state index contributed by atoms with van der Waals surface area (Å²) in [5.41, 5.74) is 1.75. The van der Waals surface area contributed by atoms with Gasteiger partial charge in [0.2, 0.25) is 15.9 Å². The molecule has 0 spiro atoms. The lowest BCUT2D eigenvalue weighted by Gasteiger charge is -2.17. The first-order valence-corrected chi connectivity index (χ1v) is 13.0. The van der Waals surface area contributed by atoms with Crippen molar-refractivity contribution < 1.29 is 30.8 Å². The van der Waals surface area contributed by atoms with Crippen molar-refractivity contribution in [1.29, 1.82) is 0 Å². The van der Waals surface area contributed by atoms with Gasteiger partial charge in [-0.15, -0.1) is 0 Å². The van der Waals surface area contributed by atoms with Gasteiger partial charge in [-0.25, -0.2) is 17.8 Å². The fourth-order valence-corrected chi connectivity index (χ4v) is 3.99. The van der Waals surface area contributed by atoms with Gasteiger partial charge in [-0.05, 0) is 67.8 Å². The van der Waals surface area contributed by atoms with Crippen LogP contribution >= 0.6 is 0 Å². The number of anilines is 3. The summed E-state index contributed by atoms with van der Waals surface area (Å²) in [4.78, 5) is 16.5. The summed E-state index contributed by atoms with van der Waals surface area (Å²) in [6, 6.07) is 11.0. The Bertz CT molecular complexity index is 1430. The van der Waals surface area contributed by atoms with Crippen LogP contribution in [0.15, 0.2) is 48.5 Å². The van der Waals surface area contributed by atoms with Crippen molar-refractivity contribution in [3.63, 3.8) is 0 Å². The first kappa shape index (κ1) is 27.9. The standard InChI is InChI=1S/C25H26F4N4O3S/c1-14-5-8-19(11-15(14)2)31-23-18(7-10-22(32-23)25(27,28)29)13-30-24(34)16(3)17-6-9-21(20(26)12-17)33-37(4,35)36/h5-12,16,33H,13H2,1-4H3,(H,30,34)(H,31,32). The van der Waals surface area contributed by atoms with Crippen LogP contribution in [0.25, 0.3) is 0 Å². The fraction of sp³-hybridized carbons (Fsp3) is 0.280. The molecule has 1 atom stereocenters. The van der Waals surface area contributed by atoms with Crippen molar-refractivity contribution in [2.75, 3.05) is 16.3 Å². The number of benzene rings is 2. The molecular weight excluding hydrogens is 512 g/mol. The number of aryl methyl sites for hydroxylation is 2. The zero-order valence-corrected chi connectivity index (χ0v) is 21.3. The van der Waals surface area contributed by atoms with E-state index >= 15 is 0 Å². The molecule has 1 amide bonds. The molecule has 3 rings (SSSR count). The summed E-state index contributed by atoms with van der Waals surface area (Å²) in [6.45, 7) is 5.16. The van der Waals surface area contributed by atoms with Gasteiger partial charge in [-0.1, -0.05) is 18.2 Å². The number of nitrogens with one attached hydrogen (secondary N) is 3. The molecule has 0 aliphatic carbocycles. The Labute approximate surface area is 212 Å². The SMILES string of the molecule is Cc1ccc(Nc2nc(C(F)(F)F)ccc2CNC(=O)C(C)c2ccc(NS(C)(=O)=O)c(F)c2)cc1C. The lowest BCUT2D eigenvalue weighted by Crippen LogP contribution is -2.28. The van der Waals surface area contributed by atoms with E-state index in [-0.39, 0.29) is 23.6 Å². The highest BCUT2D eigenvalue weighted by Gasteiger charge is 2.33. The normalized spacial score (nSPS) is 12.6. The minimum Gasteiger partial charge on any atom is -0.351 e. The zero-order valence-electron chi connectivity index (χ0n) is 20.5. The molecule has 12 heteroatoms. The average Bonchev–Trinajstić information content (AvgIpc) is 2.79. The number of alkyl halides is 3. The third-order valence-corrected chi connectivity index (χ3v) is 6.26.